The van der Waals surface area contributed by atoms with E-state index in [9.17, 15) is 8.42 Å². The van der Waals surface area contributed by atoms with Crippen LogP contribution in [0.4, 0.5) is 0 Å². The van der Waals surface area contributed by atoms with Crippen molar-refractivity contribution in [3.05, 3.63) is 0 Å². The lowest BCUT2D eigenvalue weighted by molar-refractivity contribution is 0.0161. The molecule has 0 N–H and O–H groups in total. The molecule has 2 aliphatic rings. The lowest BCUT2D eigenvalue weighted by Gasteiger charge is -2.45. The first kappa shape index (κ1) is 11.6. The fourth-order valence-corrected chi connectivity index (χ4v) is 3.41. The molecule has 0 radical (unpaired) electrons. The molecule has 5 nitrogen and oxygen atoms in total. The van der Waals surface area contributed by atoms with Gasteiger partial charge in [0.1, 0.15) is 0 Å². The minimum Gasteiger partial charge on any atom is -0.322 e. The molecule has 2 heterocycles. The Morgan fingerprint density at radius 3 is 2.87 bits per heavy atom. The standard InChI is InChI=1S/C7H12N2O3S3/c1-15(10,11)12-6-5(13)4-9(6)7-8-2-3-14-7/h5-6,13H,2-4H2,1H3. The molecule has 0 aliphatic carbocycles. The Labute approximate surface area is 98.8 Å². The lowest BCUT2D eigenvalue weighted by Crippen LogP contribution is -2.60. The highest BCUT2D eigenvalue weighted by Gasteiger charge is 2.42. The smallest absolute Gasteiger partial charge is 0.266 e. The average Bonchev–Trinajstić information content (AvgIpc) is 2.61. The topological polar surface area (TPSA) is 59.0 Å². The second kappa shape index (κ2) is 4.15. The van der Waals surface area contributed by atoms with Gasteiger partial charge in [-0.25, -0.2) is 4.18 Å². The van der Waals surface area contributed by atoms with Gasteiger partial charge in [0.25, 0.3) is 10.1 Å². The minimum atomic E-state index is -3.43. The van der Waals surface area contributed by atoms with Crippen molar-refractivity contribution < 1.29 is 12.6 Å². The van der Waals surface area contributed by atoms with Crippen LogP contribution in [0.2, 0.25) is 0 Å². The summed E-state index contributed by atoms with van der Waals surface area (Å²) in [5, 5.41) is 0.803. The van der Waals surface area contributed by atoms with Crippen LogP contribution in [0, 0.1) is 0 Å². The number of amidine groups is 1. The molecule has 0 aromatic carbocycles. The van der Waals surface area contributed by atoms with Crippen LogP contribution in [0.3, 0.4) is 0 Å². The number of aliphatic imine (C=N–C) groups is 1. The summed E-state index contributed by atoms with van der Waals surface area (Å²) < 4.78 is 27.0. The van der Waals surface area contributed by atoms with Gasteiger partial charge in [-0.2, -0.15) is 21.0 Å². The summed E-state index contributed by atoms with van der Waals surface area (Å²) in [5.74, 6) is 0.953. The van der Waals surface area contributed by atoms with E-state index in [1.54, 1.807) is 11.8 Å². The van der Waals surface area contributed by atoms with Gasteiger partial charge in [-0.1, -0.05) is 11.8 Å². The molecular weight excluding hydrogens is 256 g/mol. The van der Waals surface area contributed by atoms with E-state index in [2.05, 4.69) is 17.6 Å². The highest BCUT2D eigenvalue weighted by molar-refractivity contribution is 8.14. The molecular formula is C7H12N2O3S3. The molecule has 0 bridgehead atoms. The third-order valence-electron chi connectivity index (χ3n) is 2.11. The van der Waals surface area contributed by atoms with Crippen molar-refractivity contribution in [3.63, 3.8) is 0 Å². The number of likely N-dealkylation sites (tertiary alicyclic amines) is 1. The molecule has 2 atom stereocenters. The van der Waals surface area contributed by atoms with E-state index in [0.29, 0.717) is 6.54 Å². The monoisotopic (exact) mass is 268 g/mol. The summed E-state index contributed by atoms with van der Waals surface area (Å²) >= 11 is 5.87. The van der Waals surface area contributed by atoms with Gasteiger partial charge < -0.3 is 4.90 Å². The lowest BCUT2D eigenvalue weighted by atomic mass is 10.2. The second-order valence-corrected chi connectivity index (χ2v) is 6.75. The molecule has 8 heteroatoms. The summed E-state index contributed by atoms with van der Waals surface area (Å²) in [4.78, 5) is 6.11. The van der Waals surface area contributed by atoms with E-state index in [4.69, 9.17) is 4.18 Å². The number of nitrogens with zero attached hydrogens (tertiary/aromatic N) is 2. The third-order valence-corrected chi connectivity index (χ3v) is 4.08. The van der Waals surface area contributed by atoms with E-state index in [1.807, 2.05) is 4.90 Å². The second-order valence-electron chi connectivity index (χ2n) is 3.42. The predicted molar refractivity (Wildman–Crippen MR) is 64.0 cm³/mol. The van der Waals surface area contributed by atoms with Crippen LogP contribution in [0.25, 0.3) is 0 Å². The SMILES string of the molecule is CS(=O)(=O)OC1C(S)CN1C1=NCCS1. The van der Waals surface area contributed by atoms with Gasteiger partial charge in [-0.05, 0) is 0 Å². The van der Waals surface area contributed by atoms with Crippen LogP contribution < -0.4 is 0 Å². The first-order chi connectivity index (χ1) is 6.97. The van der Waals surface area contributed by atoms with Crippen molar-refractivity contribution in [1.82, 2.24) is 4.90 Å². The first-order valence-corrected chi connectivity index (χ1v) is 7.79. The number of thiol groups is 1. The largest absolute Gasteiger partial charge is 0.322 e. The Balaban J connectivity index is 2.03. The van der Waals surface area contributed by atoms with Crippen LogP contribution in [0.15, 0.2) is 4.99 Å². The average molecular weight is 268 g/mol. The Hall–Kier alpha value is 0.0800. The molecule has 2 unspecified atom stereocenters. The van der Waals surface area contributed by atoms with Gasteiger partial charge in [0, 0.05) is 12.3 Å². The number of hydrogen-bond acceptors (Lipinski definition) is 7. The Bertz CT molecular complexity index is 381. The van der Waals surface area contributed by atoms with Crippen molar-refractivity contribution in [1.29, 1.82) is 0 Å². The Morgan fingerprint density at radius 1 is 1.67 bits per heavy atom. The Kier molecular flexibility index (Phi) is 3.20. The van der Waals surface area contributed by atoms with Crippen molar-refractivity contribution in [2.75, 3.05) is 25.1 Å². The fraction of sp³-hybridized carbons (Fsp3) is 0.857. The minimum absolute atomic E-state index is 0.0661. The normalized spacial score (nSPS) is 31.3. The quantitative estimate of drug-likeness (QED) is 0.564. The zero-order chi connectivity index (χ0) is 11.1. The van der Waals surface area contributed by atoms with Crippen molar-refractivity contribution in [3.8, 4) is 0 Å². The maximum absolute atomic E-state index is 11.0. The summed E-state index contributed by atoms with van der Waals surface area (Å²) in [7, 11) is -3.43. The maximum atomic E-state index is 11.0. The number of thioether (sulfide) groups is 1. The van der Waals surface area contributed by atoms with Crippen LogP contribution in [-0.4, -0.2) is 55.1 Å². The first-order valence-electron chi connectivity index (χ1n) is 4.47. The third kappa shape index (κ3) is 2.61. The highest BCUT2D eigenvalue weighted by atomic mass is 32.2. The van der Waals surface area contributed by atoms with Crippen LogP contribution >= 0.6 is 24.4 Å². The molecule has 0 saturated carbocycles. The van der Waals surface area contributed by atoms with Gasteiger partial charge in [-0.15, -0.1) is 0 Å². The van der Waals surface area contributed by atoms with Gasteiger partial charge in [0.05, 0.1) is 18.1 Å². The van der Waals surface area contributed by atoms with Crippen molar-refractivity contribution in [2.45, 2.75) is 11.5 Å². The summed E-state index contributed by atoms with van der Waals surface area (Å²) in [6.07, 6.45) is 0.556. The van der Waals surface area contributed by atoms with E-state index < -0.39 is 16.3 Å². The van der Waals surface area contributed by atoms with Crippen molar-refractivity contribution >= 4 is 39.7 Å². The fourth-order valence-electron chi connectivity index (χ4n) is 1.45. The predicted octanol–water partition coefficient (Wildman–Crippen LogP) is 0.00550. The molecule has 86 valence electrons. The maximum Gasteiger partial charge on any atom is 0.266 e. The van der Waals surface area contributed by atoms with Crippen LogP contribution in [0.1, 0.15) is 0 Å². The van der Waals surface area contributed by atoms with Crippen LogP contribution in [0.5, 0.6) is 0 Å². The van der Waals surface area contributed by atoms with Crippen molar-refractivity contribution in [2.24, 2.45) is 4.99 Å². The number of hydrogen-bond donors (Lipinski definition) is 1. The van der Waals surface area contributed by atoms with Gasteiger partial charge >= 0.3 is 0 Å². The zero-order valence-electron chi connectivity index (χ0n) is 8.16. The van der Waals surface area contributed by atoms with E-state index in [1.165, 1.54) is 0 Å². The highest BCUT2D eigenvalue weighted by Crippen LogP contribution is 2.30. The van der Waals surface area contributed by atoms with E-state index >= 15 is 0 Å². The molecule has 0 amide bonds. The van der Waals surface area contributed by atoms with Crippen LogP contribution in [-0.2, 0) is 14.3 Å². The Morgan fingerprint density at radius 2 is 2.40 bits per heavy atom. The summed E-state index contributed by atoms with van der Waals surface area (Å²) in [6.45, 7) is 1.48. The van der Waals surface area contributed by atoms with Gasteiger partial charge in [-0.3, -0.25) is 4.99 Å². The molecule has 1 fully saturated rings. The van der Waals surface area contributed by atoms with E-state index in [0.717, 1.165) is 23.7 Å². The zero-order valence-corrected chi connectivity index (χ0v) is 10.7. The molecule has 15 heavy (non-hydrogen) atoms. The molecule has 0 spiro atoms. The van der Waals surface area contributed by atoms with E-state index in [-0.39, 0.29) is 5.25 Å². The molecule has 2 rings (SSSR count). The summed E-state index contributed by atoms with van der Waals surface area (Å²) in [6, 6.07) is 0. The van der Waals surface area contributed by atoms with Gasteiger partial charge in [0.2, 0.25) is 0 Å². The molecule has 1 saturated heterocycles. The number of rotatable bonds is 2. The molecule has 0 aromatic heterocycles. The molecule has 2 aliphatic heterocycles. The van der Waals surface area contributed by atoms with Gasteiger partial charge in [0.15, 0.2) is 11.4 Å². The molecule has 0 aromatic rings. The summed E-state index contributed by atoms with van der Waals surface area (Å²) in [5.41, 5.74) is 0.